The first-order chi connectivity index (χ1) is 8.29. The van der Waals surface area contributed by atoms with Gasteiger partial charge in [0.15, 0.2) is 0 Å². The standard InChI is InChI=1S/C12H22N2O3/c1-2-17-11(15)12(3-9-16-10-4-12)14-7-5-13-6-8-14/h13H,2-10H2,1H3. The van der Waals surface area contributed by atoms with E-state index < -0.39 is 5.54 Å². The van der Waals surface area contributed by atoms with Gasteiger partial charge in [-0.25, -0.2) is 0 Å². The van der Waals surface area contributed by atoms with E-state index in [1.54, 1.807) is 0 Å². The summed E-state index contributed by atoms with van der Waals surface area (Å²) < 4.78 is 10.7. The van der Waals surface area contributed by atoms with Crippen LogP contribution in [0.2, 0.25) is 0 Å². The Morgan fingerprint density at radius 2 is 2.00 bits per heavy atom. The van der Waals surface area contributed by atoms with E-state index in [0.29, 0.717) is 19.8 Å². The summed E-state index contributed by atoms with van der Waals surface area (Å²) in [6, 6.07) is 0. The lowest BCUT2D eigenvalue weighted by Crippen LogP contribution is -2.62. The number of rotatable bonds is 3. The fourth-order valence-corrected chi connectivity index (χ4v) is 2.72. The van der Waals surface area contributed by atoms with Gasteiger partial charge in [0.05, 0.1) is 6.61 Å². The van der Waals surface area contributed by atoms with E-state index in [-0.39, 0.29) is 5.97 Å². The smallest absolute Gasteiger partial charge is 0.326 e. The fourth-order valence-electron chi connectivity index (χ4n) is 2.72. The first-order valence-corrected chi connectivity index (χ1v) is 6.50. The number of ether oxygens (including phenoxy) is 2. The Labute approximate surface area is 102 Å². The average molecular weight is 242 g/mol. The molecular formula is C12H22N2O3. The fraction of sp³-hybridized carbons (Fsp3) is 0.917. The molecule has 0 atom stereocenters. The minimum absolute atomic E-state index is 0.0646. The van der Waals surface area contributed by atoms with Crippen molar-refractivity contribution in [3.05, 3.63) is 0 Å². The lowest BCUT2D eigenvalue weighted by Gasteiger charge is -2.45. The van der Waals surface area contributed by atoms with Crippen LogP contribution in [0, 0.1) is 0 Å². The molecule has 2 aliphatic heterocycles. The molecule has 2 rings (SSSR count). The monoisotopic (exact) mass is 242 g/mol. The van der Waals surface area contributed by atoms with Crippen molar-refractivity contribution in [3.8, 4) is 0 Å². The van der Waals surface area contributed by atoms with Crippen LogP contribution in [0.5, 0.6) is 0 Å². The second-order valence-electron chi connectivity index (χ2n) is 4.60. The molecule has 2 fully saturated rings. The second kappa shape index (κ2) is 5.80. The van der Waals surface area contributed by atoms with Gasteiger partial charge in [-0.2, -0.15) is 0 Å². The number of carbonyl (C=O) groups excluding carboxylic acids is 1. The van der Waals surface area contributed by atoms with Crippen LogP contribution in [-0.4, -0.2) is 62.4 Å². The number of esters is 1. The van der Waals surface area contributed by atoms with Gasteiger partial charge in [-0.1, -0.05) is 0 Å². The summed E-state index contributed by atoms with van der Waals surface area (Å²) in [6.45, 7) is 7.35. The third-order valence-electron chi connectivity index (χ3n) is 3.70. The number of nitrogens with one attached hydrogen (secondary N) is 1. The highest BCUT2D eigenvalue weighted by atomic mass is 16.5. The Morgan fingerprint density at radius 1 is 1.35 bits per heavy atom. The highest BCUT2D eigenvalue weighted by Crippen LogP contribution is 2.29. The van der Waals surface area contributed by atoms with Crippen LogP contribution in [0.3, 0.4) is 0 Å². The topological polar surface area (TPSA) is 50.8 Å². The Balaban J connectivity index is 2.12. The molecule has 0 amide bonds. The molecule has 0 spiro atoms. The maximum Gasteiger partial charge on any atom is 0.326 e. The van der Waals surface area contributed by atoms with E-state index in [9.17, 15) is 4.79 Å². The zero-order chi connectivity index (χ0) is 12.1. The molecule has 2 saturated heterocycles. The molecular weight excluding hydrogens is 220 g/mol. The van der Waals surface area contributed by atoms with Crippen LogP contribution < -0.4 is 5.32 Å². The lowest BCUT2D eigenvalue weighted by molar-refractivity contribution is -0.165. The van der Waals surface area contributed by atoms with Crippen LogP contribution in [-0.2, 0) is 14.3 Å². The van der Waals surface area contributed by atoms with Gasteiger partial charge < -0.3 is 14.8 Å². The van der Waals surface area contributed by atoms with Crippen LogP contribution in [0.25, 0.3) is 0 Å². The molecule has 17 heavy (non-hydrogen) atoms. The van der Waals surface area contributed by atoms with E-state index >= 15 is 0 Å². The molecule has 5 nitrogen and oxygen atoms in total. The van der Waals surface area contributed by atoms with Gasteiger partial charge in [0.2, 0.25) is 0 Å². The van der Waals surface area contributed by atoms with Crippen molar-refractivity contribution >= 4 is 5.97 Å². The molecule has 0 aliphatic carbocycles. The number of hydrogen-bond donors (Lipinski definition) is 1. The molecule has 1 N–H and O–H groups in total. The van der Waals surface area contributed by atoms with Crippen molar-refractivity contribution in [2.45, 2.75) is 25.3 Å². The van der Waals surface area contributed by atoms with Gasteiger partial charge >= 0.3 is 5.97 Å². The Hall–Kier alpha value is -0.650. The number of carbonyl (C=O) groups is 1. The summed E-state index contributed by atoms with van der Waals surface area (Å²) in [5.41, 5.74) is -0.434. The van der Waals surface area contributed by atoms with Crippen LogP contribution in [0.4, 0.5) is 0 Å². The minimum Gasteiger partial charge on any atom is -0.465 e. The van der Waals surface area contributed by atoms with Gasteiger partial charge in [-0.3, -0.25) is 9.69 Å². The van der Waals surface area contributed by atoms with Crippen LogP contribution >= 0.6 is 0 Å². The predicted molar refractivity (Wildman–Crippen MR) is 63.9 cm³/mol. The Kier molecular flexibility index (Phi) is 4.36. The molecule has 0 aromatic rings. The first kappa shape index (κ1) is 12.8. The van der Waals surface area contributed by atoms with Crippen molar-refractivity contribution in [2.24, 2.45) is 0 Å². The van der Waals surface area contributed by atoms with Crippen molar-refractivity contribution in [2.75, 3.05) is 46.0 Å². The highest BCUT2D eigenvalue weighted by molar-refractivity contribution is 5.81. The lowest BCUT2D eigenvalue weighted by atomic mass is 9.87. The molecule has 98 valence electrons. The third kappa shape index (κ3) is 2.61. The van der Waals surface area contributed by atoms with E-state index in [2.05, 4.69) is 10.2 Å². The van der Waals surface area contributed by atoms with Crippen LogP contribution in [0.1, 0.15) is 19.8 Å². The van der Waals surface area contributed by atoms with Gasteiger partial charge in [0.1, 0.15) is 5.54 Å². The zero-order valence-electron chi connectivity index (χ0n) is 10.5. The molecule has 2 aliphatic rings. The summed E-state index contributed by atoms with van der Waals surface area (Å²) in [5, 5.41) is 3.32. The van der Waals surface area contributed by atoms with Gasteiger partial charge in [0.25, 0.3) is 0 Å². The predicted octanol–water partition coefficient (Wildman–Crippen LogP) is 0.00390. The Bertz CT molecular complexity index is 258. The number of hydrogen-bond acceptors (Lipinski definition) is 5. The SMILES string of the molecule is CCOC(=O)C1(N2CCNCC2)CCOCC1. The summed E-state index contributed by atoms with van der Waals surface area (Å²) in [5.74, 6) is -0.0646. The van der Waals surface area contributed by atoms with Gasteiger partial charge in [-0.15, -0.1) is 0 Å². The Morgan fingerprint density at radius 3 is 2.59 bits per heavy atom. The maximum absolute atomic E-state index is 12.3. The molecule has 0 bridgehead atoms. The van der Waals surface area contributed by atoms with Gasteiger partial charge in [0, 0.05) is 39.4 Å². The summed E-state index contributed by atoms with van der Waals surface area (Å²) >= 11 is 0. The van der Waals surface area contributed by atoms with Crippen molar-refractivity contribution < 1.29 is 14.3 Å². The van der Waals surface area contributed by atoms with Crippen molar-refractivity contribution in [1.29, 1.82) is 0 Å². The van der Waals surface area contributed by atoms with Crippen molar-refractivity contribution in [1.82, 2.24) is 10.2 Å². The molecule has 0 aromatic carbocycles. The molecule has 5 heteroatoms. The highest BCUT2D eigenvalue weighted by Gasteiger charge is 2.46. The first-order valence-electron chi connectivity index (χ1n) is 6.50. The summed E-state index contributed by atoms with van der Waals surface area (Å²) in [4.78, 5) is 14.6. The number of piperazine rings is 1. The van der Waals surface area contributed by atoms with Gasteiger partial charge in [-0.05, 0) is 19.8 Å². The van der Waals surface area contributed by atoms with E-state index in [0.717, 1.165) is 39.0 Å². The summed E-state index contributed by atoms with van der Waals surface area (Å²) in [6.07, 6.45) is 1.51. The molecule has 0 unspecified atom stereocenters. The van der Waals surface area contributed by atoms with Crippen molar-refractivity contribution in [3.63, 3.8) is 0 Å². The molecule has 0 saturated carbocycles. The van der Waals surface area contributed by atoms with E-state index in [1.165, 1.54) is 0 Å². The average Bonchev–Trinajstić information content (AvgIpc) is 2.41. The van der Waals surface area contributed by atoms with E-state index in [1.807, 2.05) is 6.92 Å². The second-order valence-corrected chi connectivity index (χ2v) is 4.60. The quantitative estimate of drug-likeness (QED) is 0.706. The van der Waals surface area contributed by atoms with Crippen LogP contribution in [0.15, 0.2) is 0 Å². The summed E-state index contributed by atoms with van der Waals surface area (Å²) in [7, 11) is 0. The molecule has 2 heterocycles. The zero-order valence-corrected chi connectivity index (χ0v) is 10.5. The normalized spacial score (nSPS) is 25.5. The molecule has 0 aromatic heterocycles. The van der Waals surface area contributed by atoms with E-state index in [4.69, 9.17) is 9.47 Å². The largest absolute Gasteiger partial charge is 0.465 e. The molecule has 0 radical (unpaired) electrons. The maximum atomic E-state index is 12.3. The number of nitrogens with zero attached hydrogens (tertiary/aromatic N) is 1. The third-order valence-corrected chi connectivity index (χ3v) is 3.70. The minimum atomic E-state index is -0.434.